The first-order valence-corrected chi connectivity index (χ1v) is 5.63. The Morgan fingerprint density at radius 2 is 1.74 bits per heavy atom. The number of anilines is 1. The number of aromatic nitrogens is 1. The van der Waals surface area contributed by atoms with Gasteiger partial charge in [-0.25, -0.2) is 4.98 Å². The SMILES string of the molecule is Cc1cccc(NC(=O)c2ccccc2C(=O)[O-])n1. The van der Waals surface area contributed by atoms with Crippen LogP contribution < -0.4 is 10.4 Å². The van der Waals surface area contributed by atoms with Crippen molar-refractivity contribution in [2.75, 3.05) is 5.32 Å². The molecule has 5 heteroatoms. The number of nitrogens with zero attached hydrogens (tertiary/aromatic N) is 1. The van der Waals surface area contributed by atoms with Gasteiger partial charge in [-0.2, -0.15) is 0 Å². The van der Waals surface area contributed by atoms with E-state index in [-0.39, 0.29) is 11.1 Å². The quantitative estimate of drug-likeness (QED) is 0.887. The van der Waals surface area contributed by atoms with E-state index in [1.807, 2.05) is 0 Å². The lowest BCUT2D eigenvalue weighted by Gasteiger charge is -2.10. The number of hydrogen-bond acceptors (Lipinski definition) is 4. The van der Waals surface area contributed by atoms with Gasteiger partial charge in [0, 0.05) is 16.8 Å². The summed E-state index contributed by atoms with van der Waals surface area (Å²) in [5.41, 5.74) is 0.657. The Hall–Kier alpha value is -2.69. The zero-order chi connectivity index (χ0) is 13.8. The fourth-order valence-electron chi connectivity index (χ4n) is 1.66. The Bertz CT molecular complexity index is 638. The average Bonchev–Trinajstić information content (AvgIpc) is 2.38. The number of carbonyl (C=O) groups excluding carboxylic acids is 2. The Kier molecular flexibility index (Phi) is 3.56. The molecule has 2 rings (SSSR count). The predicted molar refractivity (Wildman–Crippen MR) is 67.7 cm³/mol. The Morgan fingerprint density at radius 1 is 1.05 bits per heavy atom. The Balaban J connectivity index is 2.28. The number of nitrogens with one attached hydrogen (secondary N) is 1. The molecule has 1 aromatic carbocycles. The van der Waals surface area contributed by atoms with E-state index in [1.165, 1.54) is 18.2 Å². The van der Waals surface area contributed by atoms with Crippen molar-refractivity contribution < 1.29 is 14.7 Å². The maximum atomic E-state index is 12.0. The van der Waals surface area contributed by atoms with Crippen molar-refractivity contribution in [3.8, 4) is 0 Å². The number of hydrogen-bond donors (Lipinski definition) is 1. The zero-order valence-electron chi connectivity index (χ0n) is 10.2. The van der Waals surface area contributed by atoms with Gasteiger partial charge in [-0.3, -0.25) is 4.79 Å². The van der Waals surface area contributed by atoms with E-state index < -0.39 is 11.9 Å². The monoisotopic (exact) mass is 255 g/mol. The van der Waals surface area contributed by atoms with Gasteiger partial charge in [-0.05, 0) is 25.1 Å². The van der Waals surface area contributed by atoms with Crippen molar-refractivity contribution in [3.63, 3.8) is 0 Å². The van der Waals surface area contributed by atoms with Crippen LogP contribution in [0, 0.1) is 6.92 Å². The highest BCUT2D eigenvalue weighted by atomic mass is 16.4. The highest BCUT2D eigenvalue weighted by Crippen LogP contribution is 2.11. The van der Waals surface area contributed by atoms with Gasteiger partial charge >= 0.3 is 0 Å². The van der Waals surface area contributed by atoms with Gasteiger partial charge < -0.3 is 15.2 Å². The van der Waals surface area contributed by atoms with Crippen LogP contribution in [0.2, 0.25) is 0 Å². The summed E-state index contributed by atoms with van der Waals surface area (Å²) < 4.78 is 0. The van der Waals surface area contributed by atoms with Crippen molar-refractivity contribution in [1.29, 1.82) is 0 Å². The summed E-state index contributed by atoms with van der Waals surface area (Å²) >= 11 is 0. The molecule has 96 valence electrons. The molecule has 0 bridgehead atoms. The normalized spacial score (nSPS) is 9.95. The molecule has 0 aliphatic rings. The molecule has 0 radical (unpaired) electrons. The summed E-state index contributed by atoms with van der Waals surface area (Å²) in [5, 5.41) is 13.5. The third-order valence-electron chi connectivity index (χ3n) is 2.52. The highest BCUT2D eigenvalue weighted by Gasteiger charge is 2.12. The first-order valence-electron chi connectivity index (χ1n) is 5.63. The molecule has 1 aromatic heterocycles. The molecular formula is C14H11N2O3-. The van der Waals surface area contributed by atoms with E-state index in [9.17, 15) is 14.7 Å². The standard InChI is InChI=1S/C14H12N2O3/c1-9-5-4-8-12(15-9)16-13(17)10-6-2-3-7-11(10)14(18)19/h2-8H,1H3,(H,18,19)(H,15,16,17)/p-1. The summed E-state index contributed by atoms with van der Waals surface area (Å²) in [6.07, 6.45) is 0. The second-order valence-corrected chi connectivity index (χ2v) is 3.95. The largest absolute Gasteiger partial charge is 0.545 e. The summed E-state index contributed by atoms with van der Waals surface area (Å²) in [6.45, 7) is 1.80. The fraction of sp³-hybridized carbons (Fsp3) is 0.0714. The van der Waals surface area contributed by atoms with Gasteiger partial charge in [0.1, 0.15) is 5.82 Å². The molecule has 0 saturated heterocycles. The van der Waals surface area contributed by atoms with Crippen molar-refractivity contribution in [3.05, 3.63) is 59.3 Å². The number of aryl methyl sites for hydroxylation is 1. The number of aromatic carboxylic acids is 1. The van der Waals surface area contributed by atoms with Crippen molar-refractivity contribution in [1.82, 2.24) is 4.98 Å². The lowest BCUT2D eigenvalue weighted by Crippen LogP contribution is -2.26. The second-order valence-electron chi connectivity index (χ2n) is 3.95. The van der Waals surface area contributed by atoms with Gasteiger partial charge in [0.05, 0.1) is 5.97 Å². The number of pyridine rings is 1. The first-order chi connectivity index (χ1) is 9.08. The molecule has 0 atom stereocenters. The number of amides is 1. The van der Waals surface area contributed by atoms with Crippen LogP contribution in [-0.2, 0) is 0 Å². The molecule has 2 aromatic rings. The minimum atomic E-state index is -1.39. The summed E-state index contributed by atoms with van der Waals surface area (Å²) in [6, 6.07) is 11.1. The van der Waals surface area contributed by atoms with Crippen LogP contribution in [0.25, 0.3) is 0 Å². The summed E-state index contributed by atoms with van der Waals surface area (Å²) in [7, 11) is 0. The van der Waals surface area contributed by atoms with Crippen LogP contribution in [0.1, 0.15) is 26.4 Å². The maximum Gasteiger partial charge on any atom is 0.257 e. The molecule has 0 unspecified atom stereocenters. The molecule has 0 fully saturated rings. The minimum absolute atomic E-state index is 0.0470. The van der Waals surface area contributed by atoms with E-state index >= 15 is 0 Å². The van der Waals surface area contributed by atoms with Gasteiger partial charge in [0.2, 0.25) is 0 Å². The van der Waals surface area contributed by atoms with E-state index in [0.29, 0.717) is 5.82 Å². The minimum Gasteiger partial charge on any atom is -0.545 e. The predicted octanol–water partition coefficient (Wildman–Crippen LogP) is 1.01. The molecule has 19 heavy (non-hydrogen) atoms. The molecule has 1 heterocycles. The first kappa shape index (κ1) is 12.8. The lowest BCUT2D eigenvalue weighted by molar-refractivity contribution is -0.255. The van der Waals surface area contributed by atoms with E-state index in [0.717, 1.165) is 5.69 Å². The van der Waals surface area contributed by atoms with Crippen LogP contribution in [0.5, 0.6) is 0 Å². The van der Waals surface area contributed by atoms with Crippen LogP contribution in [-0.4, -0.2) is 16.9 Å². The summed E-state index contributed by atoms with van der Waals surface area (Å²) in [4.78, 5) is 27.1. The third kappa shape index (κ3) is 2.95. The van der Waals surface area contributed by atoms with Crippen LogP contribution in [0.3, 0.4) is 0 Å². The smallest absolute Gasteiger partial charge is 0.257 e. The van der Waals surface area contributed by atoms with E-state index in [1.54, 1.807) is 31.2 Å². The van der Waals surface area contributed by atoms with Gasteiger partial charge in [0.25, 0.3) is 5.91 Å². The van der Waals surface area contributed by atoms with Crippen molar-refractivity contribution in [2.45, 2.75) is 6.92 Å². The molecule has 0 aliphatic carbocycles. The van der Waals surface area contributed by atoms with Gasteiger partial charge in [0.15, 0.2) is 0 Å². The maximum absolute atomic E-state index is 12.0. The Labute approximate surface area is 109 Å². The Morgan fingerprint density at radius 3 is 2.37 bits per heavy atom. The molecular weight excluding hydrogens is 244 g/mol. The average molecular weight is 255 g/mol. The van der Waals surface area contributed by atoms with Gasteiger partial charge in [-0.1, -0.05) is 24.3 Å². The van der Waals surface area contributed by atoms with Gasteiger partial charge in [-0.15, -0.1) is 0 Å². The van der Waals surface area contributed by atoms with Crippen LogP contribution in [0.4, 0.5) is 5.82 Å². The summed E-state index contributed by atoms with van der Waals surface area (Å²) in [5.74, 6) is -1.54. The van der Waals surface area contributed by atoms with Crippen molar-refractivity contribution >= 4 is 17.7 Å². The molecule has 1 N–H and O–H groups in total. The van der Waals surface area contributed by atoms with Crippen LogP contribution >= 0.6 is 0 Å². The van der Waals surface area contributed by atoms with E-state index in [2.05, 4.69) is 10.3 Å². The number of carboxylic acid groups (broad SMARTS) is 1. The number of carbonyl (C=O) groups is 2. The third-order valence-corrected chi connectivity index (χ3v) is 2.52. The molecule has 0 saturated carbocycles. The zero-order valence-corrected chi connectivity index (χ0v) is 10.2. The number of rotatable bonds is 3. The molecule has 0 aliphatic heterocycles. The topological polar surface area (TPSA) is 82.1 Å². The van der Waals surface area contributed by atoms with Crippen LogP contribution in [0.15, 0.2) is 42.5 Å². The number of carboxylic acids is 1. The van der Waals surface area contributed by atoms with Crippen molar-refractivity contribution in [2.24, 2.45) is 0 Å². The highest BCUT2D eigenvalue weighted by molar-refractivity contribution is 6.10. The fourth-order valence-corrected chi connectivity index (χ4v) is 1.66. The second kappa shape index (κ2) is 5.30. The van der Waals surface area contributed by atoms with E-state index in [4.69, 9.17) is 0 Å². The molecule has 1 amide bonds. The molecule has 0 spiro atoms. The number of benzene rings is 1. The molecule has 5 nitrogen and oxygen atoms in total. The lowest BCUT2D eigenvalue weighted by atomic mass is 10.1.